The monoisotopic (exact) mass is 226 g/mol. The van der Waals surface area contributed by atoms with Gasteiger partial charge in [0, 0.05) is 17.7 Å². The molecule has 0 amide bonds. The molecule has 0 aromatic heterocycles. The van der Waals surface area contributed by atoms with E-state index >= 15 is 0 Å². The van der Waals surface area contributed by atoms with E-state index in [0.29, 0.717) is 6.07 Å². The molecule has 0 spiro atoms. The highest BCUT2D eigenvalue weighted by atomic mass is 19.2. The molecule has 1 aromatic rings. The number of nitrogens with zero attached hydrogens (tertiary/aromatic N) is 1. The van der Waals surface area contributed by atoms with Crippen molar-refractivity contribution >= 4 is 0 Å². The Labute approximate surface area is 90.7 Å². The molecule has 0 bridgehead atoms. The lowest BCUT2D eigenvalue weighted by Gasteiger charge is -2.12. The zero-order chi connectivity index (χ0) is 11.7. The Kier molecular flexibility index (Phi) is 2.84. The molecule has 0 saturated heterocycles. The number of halogens is 3. The summed E-state index contributed by atoms with van der Waals surface area (Å²) < 4.78 is 39.0. The van der Waals surface area contributed by atoms with Gasteiger partial charge in [-0.2, -0.15) is 5.26 Å². The fraction of sp³-hybridized carbons (Fsp3) is 0.364. The Balaban J connectivity index is 2.29. The first-order valence-corrected chi connectivity index (χ1v) is 4.92. The number of nitriles is 1. The summed E-state index contributed by atoms with van der Waals surface area (Å²) in [4.78, 5) is 0. The van der Waals surface area contributed by atoms with Crippen LogP contribution in [0.2, 0.25) is 0 Å². The van der Waals surface area contributed by atoms with Crippen molar-refractivity contribution < 1.29 is 13.2 Å². The number of nitrogens with one attached hydrogen (secondary N) is 1. The normalized spacial score (nSPS) is 16.9. The highest BCUT2D eigenvalue weighted by Crippen LogP contribution is 2.26. The molecule has 1 N–H and O–H groups in total. The van der Waals surface area contributed by atoms with E-state index in [9.17, 15) is 13.2 Å². The van der Waals surface area contributed by atoms with Crippen LogP contribution in [0.15, 0.2) is 12.1 Å². The quantitative estimate of drug-likeness (QED) is 0.803. The summed E-state index contributed by atoms with van der Waals surface area (Å²) in [5.41, 5.74) is -0.145. The van der Waals surface area contributed by atoms with Gasteiger partial charge < -0.3 is 0 Å². The second-order valence-electron chi connectivity index (χ2n) is 3.79. The average Bonchev–Trinajstić information content (AvgIpc) is 3.04. The summed E-state index contributed by atoms with van der Waals surface area (Å²) in [7, 11) is 0. The van der Waals surface area contributed by atoms with Crippen LogP contribution in [0, 0.1) is 28.8 Å². The van der Waals surface area contributed by atoms with E-state index < -0.39 is 23.5 Å². The molecule has 0 radical (unpaired) electrons. The maximum atomic E-state index is 13.3. The fourth-order valence-electron chi connectivity index (χ4n) is 1.44. The molecule has 1 atom stereocenters. The van der Waals surface area contributed by atoms with Gasteiger partial charge in [-0.3, -0.25) is 5.32 Å². The molecule has 5 heteroatoms. The van der Waals surface area contributed by atoms with E-state index in [-0.39, 0.29) is 11.6 Å². The van der Waals surface area contributed by atoms with Crippen molar-refractivity contribution in [3.8, 4) is 6.07 Å². The van der Waals surface area contributed by atoms with E-state index in [0.717, 1.165) is 18.9 Å². The van der Waals surface area contributed by atoms with Gasteiger partial charge in [0.25, 0.3) is 0 Å². The maximum absolute atomic E-state index is 13.3. The highest BCUT2D eigenvalue weighted by molar-refractivity contribution is 5.27. The van der Waals surface area contributed by atoms with Crippen LogP contribution in [-0.2, 0) is 0 Å². The van der Waals surface area contributed by atoms with Crippen LogP contribution in [-0.4, -0.2) is 6.04 Å². The molecule has 16 heavy (non-hydrogen) atoms. The summed E-state index contributed by atoms with van der Waals surface area (Å²) in [6.45, 7) is 0. The third-order valence-corrected chi connectivity index (χ3v) is 2.46. The van der Waals surface area contributed by atoms with Gasteiger partial charge in [0.1, 0.15) is 11.9 Å². The minimum Gasteiger partial charge on any atom is -0.295 e. The number of benzene rings is 1. The van der Waals surface area contributed by atoms with E-state index in [2.05, 4.69) is 5.32 Å². The van der Waals surface area contributed by atoms with Crippen LogP contribution in [0.25, 0.3) is 0 Å². The third kappa shape index (κ3) is 2.17. The molecule has 84 valence electrons. The van der Waals surface area contributed by atoms with Crippen LogP contribution in [0.4, 0.5) is 13.2 Å². The van der Waals surface area contributed by atoms with Gasteiger partial charge in [0.2, 0.25) is 0 Å². The van der Waals surface area contributed by atoms with Gasteiger partial charge in [-0.05, 0) is 18.9 Å². The first kappa shape index (κ1) is 11.0. The number of rotatable bonds is 3. The predicted octanol–water partition coefficient (Wildman–Crippen LogP) is 2.42. The van der Waals surface area contributed by atoms with Gasteiger partial charge >= 0.3 is 0 Å². The highest BCUT2D eigenvalue weighted by Gasteiger charge is 2.27. The second-order valence-corrected chi connectivity index (χ2v) is 3.79. The van der Waals surface area contributed by atoms with Crippen molar-refractivity contribution in [2.24, 2.45) is 0 Å². The largest absolute Gasteiger partial charge is 0.295 e. The van der Waals surface area contributed by atoms with Crippen molar-refractivity contribution in [1.82, 2.24) is 5.32 Å². The van der Waals surface area contributed by atoms with E-state index in [4.69, 9.17) is 5.26 Å². The molecule has 1 aliphatic rings. The second kappa shape index (κ2) is 4.14. The standard InChI is InChI=1S/C11H9F3N2/c12-8-4-10(14)9(13)3-7(8)11(5-15)16-6-1-2-6/h3-4,6,11,16H,1-2H2. The maximum Gasteiger partial charge on any atom is 0.161 e. The van der Waals surface area contributed by atoms with Crippen molar-refractivity contribution in [1.29, 1.82) is 5.26 Å². The zero-order valence-electron chi connectivity index (χ0n) is 8.30. The summed E-state index contributed by atoms with van der Waals surface area (Å²) in [6.07, 6.45) is 1.84. The van der Waals surface area contributed by atoms with Gasteiger partial charge in [-0.15, -0.1) is 0 Å². The Bertz CT molecular complexity index is 449. The molecule has 1 aliphatic carbocycles. The number of hydrogen-bond acceptors (Lipinski definition) is 2. The van der Waals surface area contributed by atoms with E-state index in [1.165, 1.54) is 0 Å². The van der Waals surface area contributed by atoms with Gasteiger partial charge in [0.05, 0.1) is 6.07 Å². The van der Waals surface area contributed by atoms with Gasteiger partial charge in [-0.1, -0.05) is 0 Å². The first-order valence-electron chi connectivity index (χ1n) is 4.92. The lowest BCUT2D eigenvalue weighted by Crippen LogP contribution is -2.23. The zero-order valence-corrected chi connectivity index (χ0v) is 8.30. The van der Waals surface area contributed by atoms with Crippen molar-refractivity contribution in [3.05, 3.63) is 35.1 Å². The smallest absolute Gasteiger partial charge is 0.161 e. The van der Waals surface area contributed by atoms with Crippen molar-refractivity contribution in [2.75, 3.05) is 0 Å². The molecule has 0 aliphatic heterocycles. The predicted molar refractivity (Wildman–Crippen MR) is 50.8 cm³/mol. The molecular weight excluding hydrogens is 217 g/mol. The van der Waals surface area contributed by atoms with Crippen LogP contribution < -0.4 is 5.32 Å². The molecule has 1 unspecified atom stereocenters. The number of hydrogen-bond donors (Lipinski definition) is 1. The van der Waals surface area contributed by atoms with Crippen LogP contribution in [0.1, 0.15) is 24.4 Å². The average molecular weight is 226 g/mol. The topological polar surface area (TPSA) is 35.8 Å². The molecule has 1 aromatic carbocycles. The summed E-state index contributed by atoms with van der Waals surface area (Å²) in [6, 6.07) is 2.28. The van der Waals surface area contributed by atoms with E-state index in [1.807, 2.05) is 6.07 Å². The summed E-state index contributed by atoms with van der Waals surface area (Å²) >= 11 is 0. The molecular formula is C11H9F3N2. The van der Waals surface area contributed by atoms with Gasteiger partial charge in [0.15, 0.2) is 11.6 Å². The fourth-order valence-corrected chi connectivity index (χ4v) is 1.44. The van der Waals surface area contributed by atoms with Crippen LogP contribution in [0.5, 0.6) is 0 Å². The van der Waals surface area contributed by atoms with Crippen molar-refractivity contribution in [3.63, 3.8) is 0 Å². The molecule has 1 saturated carbocycles. The van der Waals surface area contributed by atoms with Gasteiger partial charge in [-0.25, -0.2) is 13.2 Å². The molecule has 0 heterocycles. The Morgan fingerprint density at radius 3 is 2.38 bits per heavy atom. The van der Waals surface area contributed by atoms with E-state index in [1.54, 1.807) is 0 Å². The molecule has 2 rings (SSSR count). The lowest BCUT2D eigenvalue weighted by molar-refractivity contribution is 0.482. The first-order chi connectivity index (χ1) is 7.61. The van der Waals surface area contributed by atoms with Crippen LogP contribution in [0.3, 0.4) is 0 Å². The third-order valence-electron chi connectivity index (χ3n) is 2.46. The summed E-state index contributed by atoms with van der Waals surface area (Å²) in [5.74, 6) is -3.29. The minimum atomic E-state index is -1.25. The SMILES string of the molecule is N#CC(NC1CC1)c1cc(F)c(F)cc1F. The Morgan fingerprint density at radius 1 is 1.19 bits per heavy atom. The van der Waals surface area contributed by atoms with Crippen molar-refractivity contribution in [2.45, 2.75) is 24.9 Å². The Morgan fingerprint density at radius 2 is 1.81 bits per heavy atom. The Hall–Kier alpha value is -1.54. The molecule has 2 nitrogen and oxygen atoms in total. The lowest BCUT2D eigenvalue weighted by atomic mass is 10.1. The summed E-state index contributed by atoms with van der Waals surface area (Å²) in [5, 5.41) is 11.7. The minimum absolute atomic E-state index is 0.145. The molecule has 1 fully saturated rings. The van der Waals surface area contributed by atoms with Crippen LogP contribution >= 0.6 is 0 Å².